The van der Waals surface area contributed by atoms with Gasteiger partial charge in [0.2, 0.25) is 0 Å². The highest BCUT2D eigenvalue weighted by atomic mass is 19.1. The normalized spacial score (nSPS) is 11.8. The maximum Gasteiger partial charge on any atom is 0.341 e. The molecule has 0 aliphatic heterocycles. The van der Waals surface area contributed by atoms with Crippen molar-refractivity contribution in [1.29, 1.82) is 0 Å². The van der Waals surface area contributed by atoms with E-state index in [1.54, 1.807) is 0 Å². The number of carbonyl (C=O) groups excluding carboxylic acids is 2. The lowest BCUT2D eigenvalue weighted by Gasteiger charge is -2.17. The van der Waals surface area contributed by atoms with E-state index >= 15 is 0 Å². The average Bonchev–Trinajstić information content (AvgIpc) is 2.30. The molecule has 98 valence electrons. The summed E-state index contributed by atoms with van der Waals surface area (Å²) in [6, 6.07) is 3.58. The van der Waals surface area contributed by atoms with Crippen LogP contribution in [0.3, 0.4) is 0 Å². The fraction of sp³-hybridized carbons (Fsp3) is 0.333. The first kappa shape index (κ1) is 14.0. The van der Waals surface area contributed by atoms with Gasteiger partial charge >= 0.3 is 5.97 Å². The molecule has 0 spiro atoms. The molecule has 1 amide bonds. The van der Waals surface area contributed by atoms with Gasteiger partial charge in [-0.3, -0.25) is 4.79 Å². The molecule has 5 nitrogen and oxygen atoms in total. The molecule has 0 saturated carbocycles. The number of nitrogen functional groups attached to an aromatic ring is 1. The van der Waals surface area contributed by atoms with Crippen molar-refractivity contribution in [2.24, 2.45) is 0 Å². The van der Waals surface area contributed by atoms with Gasteiger partial charge in [0.15, 0.2) is 6.10 Å². The summed E-state index contributed by atoms with van der Waals surface area (Å²) < 4.78 is 18.2. The van der Waals surface area contributed by atoms with E-state index in [4.69, 9.17) is 10.5 Å². The van der Waals surface area contributed by atoms with Crippen molar-refractivity contribution in [3.8, 4) is 0 Å². The van der Waals surface area contributed by atoms with Gasteiger partial charge in [0, 0.05) is 19.8 Å². The molecule has 2 N–H and O–H groups in total. The SMILES string of the molecule is CC(OC(=O)c1cc(N)ccc1F)C(=O)N(C)C. The number of hydrogen-bond acceptors (Lipinski definition) is 4. The second kappa shape index (κ2) is 5.48. The zero-order valence-corrected chi connectivity index (χ0v) is 10.4. The van der Waals surface area contributed by atoms with Gasteiger partial charge in [0.25, 0.3) is 5.91 Å². The van der Waals surface area contributed by atoms with Crippen molar-refractivity contribution in [1.82, 2.24) is 4.90 Å². The van der Waals surface area contributed by atoms with Crippen LogP contribution in [0.15, 0.2) is 18.2 Å². The largest absolute Gasteiger partial charge is 0.449 e. The number of rotatable bonds is 3. The van der Waals surface area contributed by atoms with Gasteiger partial charge in [-0.15, -0.1) is 0 Å². The summed E-state index contributed by atoms with van der Waals surface area (Å²) in [5.41, 5.74) is 5.42. The van der Waals surface area contributed by atoms with Crippen molar-refractivity contribution in [2.75, 3.05) is 19.8 Å². The molecule has 0 heterocycles. The highest BCUT2D eigenvalue weighted by molar-refractivity contribution is 5.93. The van der Waals surface area contributed by atoms with Crippen LogP contribution in [0, 0.1) is 5.82 Å². The number of nitrogens with zero attached hydrogens (tertiary/aromatic N) is 1. The molecule has 1 aromatic rings. The van der Waals surface area contributed by atoms with E-state index in [0.29, 0.717) is 0 Å². The Morgan fingerprint density at radius 2 is 2.00 bits per heavy atom. The topological polar surface area (TPSA) is 72.6 Å². The lowest BCUT2D eigenvalue weighted by Crippen LogP contribution is -2.35. The minimum Gasteiger partial charge on any atom is -0.449 e. The zero-order valence-electron chi connectivity index (χ0n) is 10.4. The maximum absolute atomic E-state index is 13.4. The summed E-state index contributed by atoms with van der Waals surface area (Å²) in [7, 11) is 3.07. The summed E-state index contributed by atoms with van der Waals surface area (Å²) in [5.74, 6) is -2.03. The average molecular weight is 254 g/mol. The van der Waals surface area contributed by atoms with Gasteiger partial charge in [-0.25, -0.2) is 9.18 Å². The van der Waals surface area contributed by atoms with Crippen molar-refractivity contribution < 1.29 is 18.7 Å². The van der Waals surface area contributed by atoms with Crippen LogP contribution in [0.4, 0.5) is 10.1 Å². The zero-order chi connectivity index (χ0) is 13.9. The van der Waals surface area contributed by atoms with Gasteiger partial charge in [-0.2, -0.15) is 0 Å². The second-order valence-corrected chi connectivity index (χ2v) is 4.02. The highest BCUT2D eigenvalue weighted by Gasteiger charge is 2.22. The molecule has 0 radical (unpaired) electrons. The van der Waals surface area contributed by atoms with E-state index in [9.17, 15) is 14.0 Å². The number of esters is 1. The van der Waals surface area contributed by atoms with E-state index in [1.807, 2.05) is 0 Å². The minimum atomic E-state index is -0.978. The number of ether oxygens (including phenoxy) is 1. The summed E-state index contributed by atoms with van der Waals surface area (Å²) in [6.07, 6.45) is -0.978. The van der Waals surface area contributed by atoms with Crippen LogP contribution in [0.5, 0.6) is 0 Å². The third-order valence-corrected chi connectivity index (χ3v) is 2.28. The smallest absolute Gasteiger partial charge is 0.341 e. The quantitative estimate of drug-likeness (QED) is 0.646. The molecule has 0 fully saturated rings. The van der Waals surface area contributed by atoms with Crippen molar-refractivity contribution in [3.05, 3.63) is 29.6 Å². The van der Waals surface area contributed by atoms with Crippen LogP contribution in [-0.2, 0) is 9.53 Å². The molecule has 1 unspecified atom stereocenters. The molecule has 6 heteroatoms. The van der Waals surface area contributed by atoms with Gasteiger partial charge in [-0.1, -0.05) is 0 Å². The molecule has 0 saturated heterocycles. The van der Waals surface area contributed by atoms with Crippen LogP contribution in [0.25, 0.3) is 0 Å². The Balaban J connectivity index is 2.83. The molecule has 0 aliphatic rings. The number of hydrogen-bond donors (Lipinski definition) is 1. The number of halogens is 1. The van der Waals surface area contributed by atoms with E-state index in [-0.39, 0.29) is 17.2 Å². The Morgan fingerprint density at radius 3 is 2.56 bits per heavy atom. The van der Waals surface area contributed by atoms with E-state index in [2.05, 4.69) is 0 Å². The summed E-state index contributed by atoms with van der Waals surface area (Å²) >= 11 is 0. The number of carbonyl (C=O) groups is 2. The van der Waals surface area contributed by atoms with Crippen molar-refractivity contribution in [2.45, 2.75) is 13.0 Å². The van der Waals surface area contributed by atoms with E-state index in [0.717, 1.165) is 6.07 Å². The monoisotopic (exact) mass is 254 g/mol. The van der Waals surface area contributed by atoms with Gasteiger partial charge in [-0.05, 0) is 25.1 Å². The van der Waals surface area contributed by atoms with Crippen LogP contribution < -0.4 is 5.73 Å². The number of likely N-dealkylation sites (N-methyl/N-ethyl adjacent to an activating group) is 1. The van der Waals surface area contributed by atoms with Crippen molar-refractivity contribution >= 4 is 17.6 Å². The first-order valence-electron chi connectivity index (χ1n) is 5.30. The molecule has 1 atom stereocenters. The number of amides is 1. The fourth-order valence-electron chi connectivity index (χ4n) is 1.34. The maximum atomic E-state index is 13.4. The summed E-state index contributed by atoms with van der Waals surface area (Å²) in [5, 5.41) is 0. The number of benzene rings is 1. The minimum absolute atomic E-state index is 0.245. The molecular formula is C12H15FN2O3. The van der Waals surface area contributed by atoms with Crippen LogP contribution in [0.1, 0.15) is 17.3 Å². The Hall–Kier alpha value is -2.11. The summed E-state index contributed by atoms with van der Waals surface area (Å²) in [6.45, 7) is 1.42. The first-order chi connectivity index (χ1) is 8.32. The Kier molecular flexibility index (Phi) is 4.25. The predicted molar refractivity (Wildman–Crippen MR) is 64.4 cm³/mol. The molecule has 0 bridgehead atoms. The molecule has 18 heavy (non-hydrogen) atoms. The molecular weight excluding hydrogens is 239 g/mol. The van der Waals surface area contributed by atoms with E-state index in [1.165, 1.54) is 38.1 Å². The predicted octanol–water partition coefficient (Wildman–Crippen LogP) is 1.04. The Morgan fingerprint density at radius 1 is 1.39 bits per heavy atom. The Labute approximate surface area is 104 Å². The summed E-state index contributed by atoms with van der Waals surface area (Å²) in [4.78, 5) is 24.4. The number of nitrogens with two attached hydrogens (primary N) is 1. The third-order valence-electron chi connectivity index (χ3n) is 2.28. The number of anilines is 1. The van der Waals surface area contributed by atoms with Crippen LogP contribution in [0.2, 0.25) is 0 Å². The highest BCUT2D eigenvalue weighted by Crippen LogP contribution is 2.14. The van der Waals surface area contributed by atoms with Gasteiger partial charge in [0.05, 0.1) is 5.56 Å². The second-order valence-electron chi connectivity index (χ2n) is 4.02. The lowest BCUT2D eigenvalue weighted by molar-refractivity contribution is -0.137. The van der Waals surface area contributed by atoms with Crippen LogP contribution >= 0.6 is 0 Å². The molecule has 1 aromatic carbocycles. The van der Waals surface area contributed by atoms with Gasteiger partial charge in [0.1, 0.15) is 5.82 Å². The molecule has 0 aliphatic carbocycles. The molecule has 0 aromatic heterocycles. The van der Waals surface area contributed by atoms with E-state index < -0.39 is 17.9 Å². The lowest BCUT2D eigenvalue weighted by atomic mass is 10.2. The molecule has 1 rings (SSSR count). The standard InChI is InChI=1S/C12H15FN2O3/c1-7(11(16)15(2)3)18-12(17)9-6-8(14)4-5-10(9)13/h4-7H,14H2,1-3H3. The van der Waals surface area contributed by atoms with Crippen LogP contribution in [-0.4, -0.2) is 37.0 Å². The third kappa shape index (κ3) is 3.19. The van der Waals surface area contributed by atoms with Gasteiger partial charge < -0.3 is 15.4 Å². The van der Waals surface area contributed by atoms with Crippen molar-refractivity contribution in [3.63, 3.8) is 0 Å². The Bertz CT molecular complexity index is 474. The fourth-order valence-corrected chi connectivity index (χ4v) is 1.34. The first-order valence-corrected chi connectivity index (χ1v) is 5.30.